The number of anilines is 2. The number of hydrogen-bond acceptors (Lipinski definition) is 4. The molecule has 1 aliphatic heterocycles. The van der Waals surface area contributed by atoms with Gasteiger partial charge >= 0.3 is 0 Å². The lowest BCUT2D eigenvalue weighted by atomic mass is 9.89. The minimum absolute atomic E-state index is 0.276. The number of rotatable bonds is 5. The molecule has 1 aromatic rings. The van der Waals surface area contributed by atoms with Crippen molar-refractivity contribution >= 4 is 11.4 Å². The first-order valence-corrected chi connectivity index (χ1v) is 9.04. The maximum Gasteiger partial charge on any atom is 0.144 e. The van der Waals surface area contributed by atoms with Crippen LogP contribution in [0.4, 0.5) is 11.4 Å². The van der Waals surface area contributed by atoms with Crippen LogP contribution in [0.3, 0.4) is 0 Å². The molecule has 1 saturated heterocycles. The SMILES string of the molecule is COc1cc(NCC2CCCCC2)ccc1N1CCOC(C)C1. The van der Waals surface area contributed by atoms with Crippen LogP contribution in [0.1, 0.15) is 39.0 Å². The van der Waals surface area contributed by atoms with Crippen molar-refractivity contribution in [2.24, 2.45) is 5.92 Å². The van der Waals surface area contributed by atoms with Gasteiger partial charge in [0, 0.05) is 31.4 Å². The molecule has 1 unspecified atom stereocenters. The van der Waals surface area contributed by atoms with Gasteiger partial charge in [0.1, 0.15) is 5.75 Å². The van der Waals surface area contributed by atoms with Crippen molar-refractivity contribution in [1.29, 1.82) is 0 Å². The highest BCUT2D eigenvalue weighted by Gasteiger charge is 2.20. The zero-order valence-corrected chi connectivity index (χ0v) is 14.5. The molecule has 4 heteroatoms. The molecule has 1 atom stereocenters. The van der Waals surface area contributed by atoms with E-state index in [-0.39, 0.29) is 6.10 Å². The predicted octanol–water partition coefficient (Wildman–Crippen LogP) is 3.91. The molecule has 1 saturated carbocycles. The van der Waals surface area contributed by atoms with Crippen molar-refractivity contribution in [1.82, 2.24) is 0 Å². The summed E-state index contributed by atoms with van der Waals surface area (Å²) in [5.41, 5.74) is 2.34. The van der Waals surface area contributed by atoms with Gasteiger partial charge in [-0.2, -0.15) is 0 Å². The van der Waals surface area contributed by atoms with Gasteiger partial charge in [0.2, 0.25) is 0 Å². The Balaban J connectivity index is 1.64. The van der Waals surface area contributed by atoms with E-state index in [1.54, 1.807) is 7.11 Å². The number of nitrogens with one attached hydrogen (secondary N) is 1. The van der Waals surface area contributed by atoms with E-state index in [0.717, 1.165) is 43.6 Å². The van der Waals surface area contributed by atoms with Gasteiger partial charge in [-0.1, -0.05) is 19.3 Å². The first-order chi connectivity index (χ1) is 11.3. The summed E-state index contributed by atoms with van der Waals surface area (Å²) >= 11 is 0. The molecule has 23 heavy (non-hydrogen) atoms. The number of hydrogen-bond donors (Lipinski definition) is 1. The lowest BCUT2D eigenvalue weighted by molar-refractivity contribution is 0.0531. The number of benzene rings is 1. The normalized spacial score (nSPS) is 22.9. The molecular formula is C19H30N2O2. The quantitative estimate of drug-likeness (QED) is 0.892. The second-order valence-corrected chi connectivity index (χ2v) is 6.90. The first kappa shape index (κ1) is 16.4. The maximum atomic E-state index is 5.64. The Bertz CT molecular complexity index is 500. The molecule has 0 radical (unpaired) electrons. The van der Waals surface area contributed by atoms with Crippen molar-refractivity contribution in [2.75, 3.05) is 43.6 Å². The summed E-state index contributed by atoms with van der Waals surface area (Å²) in [7, 11) is 1.76. The Morgan fingerprint density at radius 3 is 2.83 bits per heavy atom. The highest BCUT2D eigenvalue weighted by Crippen LogP contribution is 2.33. The van der Waals surface area contributed by atoms with Crippen molar-refractivity contribution < 1.29 is 9.47 Å². The molecule has 0 amide bonds. The average molecular weight is 318 g/mol. The van der Waals surface area contributed by atoms with Crippen molar-refractivity contribution in [3.8, 4) is 5.75 Å². The Hall–Kier alpha value is -1.42. The summed E-state index contributed by atoms with van der Waals surface area (Å²) in [4.78, 5) is 2.36. The van der Waals surface area contributed by atoms with Crippen LogP contribution in [0.15, 0.2) is 18.2 Å². The van der Waals surface area contributed by atoms with Crippen molar-refractivity contribution in [2.45, 2.75) is 45.1 Å². The third-order valence-corrected chi connectivity index (χ3v) is 5.08. The Labute approximate surface area is 140 Å². The molecule has 128 valence electrons. The van der Waals surface area contributed by atoms with Crippen LogP contribution < -0.4 is 15.0 Å². The van der Waals surface area contributed by atoms with Gasteiger partial charge in [-0.3, -0.25) is 0 Å². The zero-order chi connectivity index (χ0) is 16.1. The van der Waals surface area contributed by atoms with Gasteiger partial charge in [-0.15, -0.1) is 0 Å². The molecule has 1 heterocycles. The Morgan fingerprint density at radius 2 is 2.09 bits per heavy atom. The van der Waals surface area contributed by atoms with Crippen molar-refractivity contribution in [3.05, 3.63) is 18.2 Å². The van der Waals surface area contributed by atoms with Crippen LogP contribution >= 0.6 is 0 Å². The molecule has 1 aliphatic carbocycles. The van der Waals surface area contributed by atoms with E-state index >= 15 is 0 Å². The molecule has 0 bridgehead atoms. The van der Waals surface area contributed by atoms with Crippen LogP contribution in [0, 0.1) is 5.92 Å². The molecule has 1 aromatic carbocycles. The minimum Gasteiger partial charge on any atom is -0.495 e. The highest BCUT2D eigenvalue weighted by atomic mass is 16.5. The van der Waals surface area contributed by atoms with E-state index in [1.165, 1.54) is 37.8 Å². The third-order valence-electron chi connectivity index (χ3n) is 5.08. The van der Waals surface area contributed by atoms with Gasteiger partial charge < -0.3 is 19.7 Å². The van der Waals surface area contributed by atoms with Crippen LogP contribution in [-0.2, 0) is 4.74 Å². The minimum atomic E-state index is 0.276. The van der Waals surface area contributed by atoms with E-state index in [2.05, 4.69) is 35.3 Å². The van der Waals surface area contributed by atoms with E-state index in [1.807, 2.05) is 0 Å². The molecule has 2 fully saturated rings. The monoisotopic (exact) mass is 318 g/mol. The van der Waals surface area contributed by atoms with Gasteiger partial charge in [0.05, 0.1) is 25.5 Å². The topological polar surface area (TPSA) is 33.7 Å². The van der Waals surface area contributed by atoms with E-state index in [4.69, 9.17) is 9.47 Å². The molecule has 2 aliphatic rings. The summed E-state index contributed by atoms with van der Waals surface area (Å²) < 4.78 is 11.3. The first-order valence-electron chi connectivity index (χ1n) is 9.04. The van der Waals surface area contributed by atoms with Gasteiger partial charge in [-0.25, -0.2) is 0 Å². The smallest absolute Gasteiger partial charge is 0.144 e. The summed E-state index contributed by atoms with van der Waals surface area (Å²) in [5.74, 6) is 1.78. The van der Waals surface area contributed by atoms with Crippen LogP contribution in [-0.4, -0.2) is 39.5 Å². The maximum absolute atomic E-state index is 5.64. The molecule has 0 aromatic heterocycles. The van der Waals surface area contributed by atoms with Gasteiger partial charge in [-0.05, 0) is 37.8 Å². The number of nitrogens with zero attached hydrogens (tertiary/aromatic N) is 1. The van der Waals surface area contributed by atoms with Gasteiger partial charge in [0.15, 0.2) is 0 Å². The molecule has 1 N–H and O–H groups in total. The number of methoxy groups -OCH3 is 1. The summed E-state index contributed by atoms with van der Waals surface area (Å²) in [5, 5.41) is 3.60. The van der Waals surface area contributed by atoms with E-state index in [0.29, 0.717) is 0 Å². The fourth-order valence-electron chi connectivity index (χ4n) is 3.74. The highest BCUT2D eigenvalue weighted by molar-refractivity contribution is 5.65. The van der Waals surface area contributed by atoms with Crippen LogP contribution in [0.25, 0.3) is 0 Å². The summed E-state index contributed by atoms with van der Waals surface area (Å²) in [6, 6.07) is 6.50. The zero-order valence-electron chi connectivity index (χ0n) is 14.5. The second-order valence-electron chi connectivity index (χ2n) is 6.90. The Kier molecular flexibility index (Phi) is 5.65. The molecule has 4 nitrogen and oxygen atoms in total. The van der Waals surface area contributed by atoms with E-state index in [9.17, 15) is 0 Å². The fourth-order valence-corrected chi connectivity index (χ4v) is 3.74. The standard InChI is InChI=1S/C19H30N2O2/c1-15-14-21(10-11-23-15)18-9-8-17(12-19(18)22-2)20-13-16-6-4-3-5-7-16/h8-9,12,15-16,20H,3-7,10-11,13-14H2,1-2H3. The lowest BCUT2D eigenvalue weighted by Gasteiger charge is -2.34. The van der Waals surface area contributed by atoms with Crippen molar-refractivity contribution in [3.63, 3.8) is 0 Å². The third kappa shape index (κ3) is 4.31. The molecule has 3 rings (SSSR count). The fraction of sp³-hybridized carbons (Fsp3) is 0.684. The number of morpholine rings is 1. The van der Waals surface area contributed by atoms with Gasteiger partial charge in [0.25, 0.3) is 0 Å². The van der Waals surface area contributed by atoms with Crippen LogP contribution in [0.2, 0.25) is 0 Å². The predicted molar refractivity (Wildman–Crippen MR) is 95.7 cm³/mol. The lowest BCUT2D eigenvalue weighted by Crippen LogP contribution is -2.41. The Morgan fingerprint density at radius 1 is 1.26 bits per heavy atom. The molecule has 0 spiro atoms. The average Bonchev–Trinajstić information content (AvgIpc) is 2.60. The van der Waals surface area contributed by atoms with E-state index < -0.39 is 0 Å². The number of ether oxygens (including phenoxy) is 2. The summed E-state index contributed by atoms with van der Waals surface area (Å²) in [6.45, 7) is 5.84. The summed E-state index contributed by atoms with van der Waals surface area (Å²) in [6.07, 6.45) is 7.21. The second kappa shape index (κ2) is 7.91. The molecular weight excluding hydrogens is 288 g/mol. The largest absolute Gasteiger partial charge is 0.495 e. The van der Waals surface area contributed by atoms with Crippen LogP contribution in [0.5, 0.6) is 5.75 Å².